The number of rotatable bonds is 8. The van der Waals surface area contributed by atoms with Crippen molar-refractivity contribution in [3.8, 4) is 0 Å². The van der Waals surface area contributed by atoms with Crippen LogP contribution in [0.2, 0.25) is 0 Å². The summed E-state index contributed by atoms with van der Waals surface area (Å²) in [6.45, 7) is 11.6. The summed E-state index contributed by atoms with van der Waals surface area (Å²) >= 11 is 0. The van der Waals surface area contributed by atoms with Gasteiger partial charge in [0.2, 0.25) is 35.4 Å². The summed E-state index contributed by atoms with van der Waals surface area (Å²) in [6.07, 6.45) is 4.48. The first-order valence-electron chi connectivity index (χ1n) is 19.5. The average Bonchev–Trinajstić information content (AvgIpc) is 3.84. The lowest BCUT2D eigenvalue weighted by atomic mass is 9.99. The Kier molecular flexibility index (Phi) is 17.7. The maximum Gasteiger partial charge on any atom is 0.410 e. The quantitative estimate of drug-likeness (QED) is 0.154. The number of carbonyl (C=O) groups is 8. The standard InChI is InChI=1S/C38H61N7O12/c1-22(2)29-34(50)41-24(31(47)39-19-28(46)54-8)20-55-17-9-10-18-56-21-25(32(48)42-30(23(3)4)35(51)43-29)40-33(49)26-13-11-15-44(26)36(52)27-14-12-16-45(27)37(53)57-38(5,6)7/h9-10,22-27,29-30H,11-21H2,1-8H3,(H,39,47)(H,40,49)(H,41,50)(H,42,48)(H,43,51)/b10-9+/t24-,25-,26+,27-,29-,30-/m0/s1. The van der Waals surface area contributed by atoms with Crippen LogP contribution in [-0.4, -0.2) is 152 Å². The molecule has 3 aliphatic rings. The third kappa shape index (κ3) is 14.0. The molecule has 5 N–H and O–H groups in total. The van der Waals surface area contributed by atoms with Crippen LogP contribution >= 0.6 is 0 Å². The molecule has 320 valence electrons. The Morgan fingerprint density at radius 2 is 1.33 bits per heavy atom. The summed E-state index contributed by atoms with van der Waals surface area (Å²) in [6, 6.07) is -6.55. The zero-order valence-electron chi connectivity index (χ0n) is 34.3. The smallest absolute Gasteiger partial charge is 0.410 e. The van der Waals surface area contributed by atoms with Crippen LogP contribution in [0.25, 0.3) is 0 Å². The highest BCUT2D eigenvalue weighted by Crippen LogP contribution is 2.26. The predicted octanol–water partition coefficient (Wildman–Crippen LogP) is -0.480. The second-order valence-corrected chi connectivity index (χ2v) is 15.9. The molecule has 2 saturated heterocycles. The molecule has 0 spiro atoms. The first-order valence-corrected chi connectivity index (χ1v) is 19.5. The van der Waals surface area contributed by atoms with Gasteiger partial charge in [0.15, 0.2) is 0 Å². The van der Waals surface area contributed by atoms with E-state index in [1.807, 2.05) is 0 Å². The van der Waals surface area contributed by atoms with Crippen molar-refractivity contribution in [2.24, 2.45) is 11.8 Å². The van der Waals surface area contributed by atoms with E-state index < -0.39 is 102 Å². The van der Waals surface area contributed by atoms with Gasteiger partial charge in [-0.1, -0.05) is 39.8 Å². The van der Waals surface area contributed by atoms with Crippen molar-refractivity contribution in [3.63, 3.8) is 0 Å². The third-order valence-electron chi connectivity index (χ3n) is 9.56. The minimum absolute atomic E-state index is 0.00102. The Morgan fingerprint density at radius 1 is 0.789 bits per heavy atom. The minimum Gasteiger partial charge on any atom is -0.468 e. The van der Waals surface area contributed by atoms with E-state index in [0.29, 0.717) is 32.2 Å². The first-order chi connectivity index (χ1) is 26.8. The molecular formula is C38H61N7O12. The van der Waals surface area contributed by atoms with E-state index in [-0.39, 0.29) is 38.9 Å². The fourth-order valence-corrected chi connectivity index (χ4v) is 6.52. The molecule has 0 bridgehead atoms. The molecule has 7 amide bonds. The van der Waals surface area contributed by atoms with Gasteiger partial charge < -0.3 is 50.4 Å². The van der Waals surface area contributed by atoms with Gasteiger partial charge in [-0.25, -0.2) is 4.79 Å². The van der Waals surface area contributed by atoms with E-state index >= 15 is 0 Å². The van der Waals surface area contributed by atoms with Gasteiger partial charge in [0.25, 0.3) is 0 Å². The molecule has 3 rings (SSSR count). The molecule has 19 nitrogen and oxygen atoms in total. The van der Waals surface area contributed by atoms with E-state index in [0.717, 1.165) is 0 Å². The molecule has 0 aliphatic carbocycles. The number of hydrogen-bond acceptors (Lipinski definition) is 12. The van der Waals surface area contributed by atoms with Crippen LogP contribution in [-0.2, 0) is 52.5 Å². The summed E-state index contributed by atoms with van der Waals surface area (Å²) in [5, 5.41) is 13.1. The maximum atomic E-state index is 13.9. The van der Waals surface area contributed by atoms with Gasteiger partial charge in [-0.05, 0) is 58.3 Å². The molecule has 6 atom stereocenters. The number of methoxy groups -OCH3 is 1. The van der Waals surface area contributed by atoms with Gasteiger partial charge in [0.1, 0.15) is 48.4 Å². The fourth-order valence-electron chi connectivity index (χ4n) is 6.52. The van der Waals surface area contributed by atoms with Crippen molar-refractivity contribution < 1.29 is 57.3 Å². The maximum absolute atomic E-state index is 13.9. The van der Waals surface area contributed by atoms with E-state index in [2.05, 4.69) is 31.3 Å². The topological polar surface area (TPSA) is 240 Å². The molecule has 0 aromatic rings. The lowest BCUT2D eigenvalue weighted by molar-refractivity contribution is -0.143. The number of nitrogens with zero attached hydrogens (tertiary/aromatic N) is 2. The summed E-state index contributed by atoms with van der Waals surface area (Å²) < 4.78 is 21.5. The molecule has 3 aliphatic heterocycles. The largest absolute Gasteiger partial charge is 0.468 e. The molecule has 57 heavy (non-hydrogen) atoms. The van der Waals surface area contributed by atoms with Crippen molar-refractivity contribution in [2.75, 3.05) is 53.2 Å². The molecule has 0 unspecified atom stereocenters. The fraction of sp³-hybridized carbons (Fsp3) is 0.737. The van der Waals surface area contributed by atoms with Crippen molar-refractivity contribution in [1.29, 1.82) is 0 Å². The van der Waals surface area contributed by atoms with Gasteiger partial charge in [0.05, 0.1) is 33.5 Å². The molecule has 0 saturated carbocycles. The summed E-state index contributed by atoms with van der Waals surface area (Å²) in [5.74, 6) is -5.45. The zero-order valence-corrected chi connectivity index (χ0v) is 34.3. The Bertz CT molecular complexity index is 1500. The number of nitrogens with one attached hydrogen (secondary N) is 5. The van der Waals surface area contributed by atoms with Crippen LogP contribution in [0.1, 0.15) is 74.1 Å². The molecule has 19 heteroatoms. The van der Waals surface area contributed by atoms with E-state index in [1.54, 1.807) is 60.6 Å². The SMILES string of the molecule is COC(=O)CNC(=O)[C@@H]1COC/C=C/COC[C@H](NC(=O)[C@H]2CCCN2C(=O)[C@@H]2CCCN2C(=O)OC(C)(C)C)C(=O)N[C@@H](C(C)C)C(=O)N[C@@H](C(C)C)C(=O)N1. The molecule has 0 aromatic heterocycles. The molecule has 2 fully saturated rings. The Balaban J connectivity index is 1.81. The van der Waals surface area contributed by atoms with Crippen LogP contribution in [0.5, 0.6) is 0 Å². The summed E-state index contributed by atoms with van der Waals surface area (Å²) in [5.41, 5.74) is -0.754. The number of likely N-dealkylation sites (tertiary alicyclic amines) is 2. The molecule has 3 heterocycles. The van der Waals surface area contributed by atoms with E-state index in [1.165, 1.54) is 16.9 Å². The van der Waals surface area contributed by atoms with Gasteiger partial charge >= 0.3 is 12.1 Å². The number of carbonyl (C=O) groups excluding carboxylic acids is 8. The van der Waals surface area contributed by atoms with Crippen LogP contribution < -0.4 is 26.6 Å². The van der Waals surface area contributed by atoms with Crippen molar-refractivity contribution >= 4 is 47.5 Å². The number of amides is 7. The molecule has 0 aromatic carbocycles. The third-order valence-corrected chi connectivity index (χ3v) is 9.56. The van der Waals surface area contributed by atoms with Gasteiger partial charge in [-0.3, -0.25) is 38.5 Å². The molecular weight excluding hydrogens is 746 g/mol. The Labute approximate surface area is 334 Å². The van der Waals surface area contributed by atoms with Crippen LogP contribution in [0.15, 0.2) is 12.2 Å². The minimum atomic E-state index is -1.29. The highest BCUT2D eigenvalue weighted by atomic mass is 16.6. The first kappa shape index (κ1) is 46.6. The zero-order chi connectivity index (χ0) is 42.4. The lowest BCUT2D eigenvalue weighted by Gasteiger charge is -2.33. The monoisotopic (exact) mass is 807 g/mol. The van der Waals surface area contributed by atoms with Gasteiger partial charge in [-0.2, -0.15) is 0 Å². The summed E-state index contributed by atoms with van der Waals surface area (Å²) in [7, 11) is 1.17. The second kappa shape index (κ2) is 21.7. The van der Waals surface area contributed by atoms with Crippen molar-refractivity contribution in [2.45, 2.75) is 116 Å². The average molecular weight is 808 g/mol. The Morgan fingerprint density at radius 3 is 1.91 bits per heavy atom. The van der Waals surface area contributed by atoms with Gasteiger partial charge in [0, 0.05) is 13.1 Å². The lowest BCUT2D eigenvalue weighted by Crippen LogP contribution is -2.62. The van der Waals surface area contributed by atoms with Crippen molar-refractivity contribution in [3.05, 3.63) is 12.2 Å². The number of esters is 1. The highest BCUT2D eigenvalue weighted by Gasteiger charge is 2.44. The van der Waals surface area contributed by atoms with Crippen molar-refractivity contribution in [1.82, 2.24) is 36.4 Å². The van der Waals surface area contributed by atoms with E-state index in [4.69, 9.17) is 14.2 Å². The highest BCUT2D eigenvalue weighted by molar-refractivity contribution is 5.97. The summed E-state index contributed by atoms with van der Waals surface area (Å²) in [4.78, 5) is 109. The molecule has 0 radical (unpaired) electrons. The number of hydrogen-bond donors (Lipinski definition) is 5. The van der Waals surface area contributed by atoms with E-state index in [9.17, 15) is 38.4 Å². The van der Waals surface area contributed by atoms with Crippen LogP contribution in [0.3, 0.4) is 0 Å². The predicted molar refractivity (Wildman–Crippen MR) is 204 cm³/mol. The van der Waals surface area contributed by atoms with Crippen LogP contribution in [0.4, 0.5) is 4.79 Å². The van der Waals surface area contributed by atoms with Crippen LogP contribution in [0, 0.1) is 11.8 Å². The second-order valence-electron chi connectivity index (χ2n) is 15.9. The normalized spacial score (nSPS) is 26.4. The Hall–Kier alpha value is -4.78. The number of ether oxygens (including phenoxy) is 4. The van der Waals surface area contributed by atoms with Gasteiger partial charge in [-0.15, -0.1) is 0 Å².